The molecule has 0 unspecified atom stereocenters. The number of benzene rings is 2. The Bertz CT molecular complexity index is 915. The highest BCUT2D eigenvalue weighted by molar-refractivity contribution is 6.00. The van der Waals surface area contributed by atoms with Gasteiger partial charge in [-0.05, 0) is 49.2 Å². The molecule has 1 amide bonds. The Hall–Kier alpha value is -3.41. The number of rotatable bonds is 7. The van der Waals surface area contributed by atoms with Crippen molar-refractivity contribution in [2.45, 2.75) is 20.3 Å². The number of aromatic nitrogens is 2. The van der Waals surface area contributed by atoms with Crippen molar-refractivity contribution in [3.8, 4) is 17.0 Å². The minimum Gasteiger partial charge on any atom is -0.494 e. The summed E-state index contributed by atoms with van der Waals surface area (Å²) in [6.07, 6.45) is 0.964. The Labute approximate surface area is 158 Å². The van der Waals surface area contributed by atoms with Crippen molar-refractivity contribution >= 4 is 11.6 Å². The van der Waals surface area contributed by atoms with Crippen LogP contribution in [-0.2, 0) is 0 Å². The van der Waals surface area contributed by atoms with Gasteiger partial charge >= 0.3 is 0 Å². The standard InChI is InChI=1S/C21H22N4O2/c1-3-13-27-18-11-9-17(10-12-18)19-14-20(24-23-19)21(26)25-22-15(2)16-7-5-4-6-8-16/h4-12,14H,3,13H2,1-2H3,(H,23,24)(H,25,26). The van der Waals surface area contributed by atoms with Gasteiger partial charge in [-0.2, -0.15) is 10.2 Å². The lowest BCUT2D eigenvalue weighted by Gasteiger charge is -2.04. The lowest BCUT2D eigenvalue weighted by molar-refractivity contribution is 0.0950. The first-order chi connectivity index (χ1) is 13.2. The summed E-state index contributed by atoms with van der Waals surface area (Å²) in [5, 5.41) is 11.1. The molecule has 0 bridgehead atoms. The fourth-order valence-electron chi connectivity index (χ4n) is 2.47. The summed E-state index contributed by atoms with van der Waals surface area (Å²) in [7, 11) is 0. The van der Waals surface area contributed by atoms with Crippen molar-refractivity contribution in [2.75, 3.05) is 6.61 Å². The molecule has 0 aliphatic rings. The van der Waals surface area contributed by atoms with Gasteiger partial charge in [0.1, 0.15) is 11.4 Å². The lowest BCUT2D eigenvalue weighted by atomic mass is 10.1. The van der Waals surface area contributed by atoms with Crippen LogP contribution in [0.25, 0.3) is 11.3 Å². The van der Waals surface area contributed by atoms with Crippen molar-refractivity contribution in [1.82, 2.24) is 15.6 Å². The van der Waals surface area contributed by atoms with E-state index in [4.69, 9.17) is 4.74 Å². The summed E-state index contributed by atoms with van der Waals surface area (Å²) in [5.41, 5.74) is 6.17. The molecule has 6 heteroatoms. The molecule has 6 nitrogen and oxygen atoms in total. The SMILES string of the molecule is CCCOc1ccc(-c2cc(C(=O)NN=C(C)c3ccccc3)[nH]n2)cc1. The number of hydrogen-bond donors (Lipinski definition) is 2. The van der Waals surface area contributed by atoms with E-state index in [1.54, 1.807) is 6.07 Å². The van der Waals surface area contributed by atoms with E-state index in [1.807, 2.05) is 61.5 Å². The van der Waals surface area contributed by atoms with Crippen LogP contribution in [-0.4, -0.2) is 28.4 Å². The van der Waals surface area contributed by atoms with Crippen LogP contribution >= 0.6 is 0 Å². The second kappa shape index (κ2) is 8.80. The molecule has 0 aliphatic carbocycles. The number of hydrogen-bond acceptors (Lipinski definition) is 4. The summed E-state index contributed by atoms with van der Waals surface area (Å²) in [5.74, 6) is 0.478. The highest BCUT2D eigenvalue weighted by atomic mass is 16.5. The van der Waals surface area contributed by atoms with E-state index in [0.29, 0.717) is 18.0 Å². The third-order valence-corrected chi connectivity index (χ3v) is 3.96. The fraction of sp³-hybridized carbons (Fsp3) is 0.190. The van der Waals surface area contributed by atoms with Gasteiger partial charge < -0.3 is 4.74 Å². The third-order valence-electron chi connectivity index (χ3n) is 3.96. The van der Waals surface area contributed by atoms with Gasteiger partial charge in [0.25, 0.3) is 5.91 Å². The van der Waals surface area contributed by atoms with Gasteiger partial charge in [0.2, 0.25) is 0 Å². The van der Waals surface area contributed by atoms with E-state index in [-0.39, 0.29) is 5.91 Å². The summed E-state index contributed by atoms with van der Waals surface area (Å²) < 4.78 is 5.57. The van der Waals surface area contributed by atoms with Crippen LogP contribution in [0.2, 0.25) is 0 Å². The third kappa shape index (κ3) is 4.82. The molecule has 3 aromatic rings. The average Bonchev–Trinajstić information content (AvgIpc) is 3.21. The zero-order valence-corrected chi connectivity index (χ0v) is 15.4. The van der Waals surface area contributed by atoms with E-state index < -0.39 is 0 Å². The Morgan fingerprint density at radius 1 is 1.15 bits per heavy atom. The second-order valence-corrected chi connectivity index (χ2v) is 6.04. The highest BCUT2D eigenvalue weighted by Gasteiger charge is 2.11. The van der Waals surface area contributed by atoms with Crippen LogP contribution in [0.1, 0.15) is 36.3 Å². The maximum Gasteiger partial charge on any atom is 0.289 e. The smallest absolute Gasteiger partial charge is 0.289 e. The molecule has 0 radical (unpaired) electrons. The number of ether oxygens (including phenoxy) is 1. The number of nitrogens with one attached hydrogen (secondary N) is 2. The number of nitrogens with zero attached hydrogens (tertiary/aromatic N) is 2. The van der Waals surface area contributed by atoms with E-state index in [0.717, 1.165) is 29.0 Å². The maximum atomic E-state index is 12.3. The van der Waals surface area contributed by atoms with E-state index in [2.05, 4.69) is 27.6 Å². The summed E-state index contributed by atoms with van der Waals surface area (Å²) >= 11 is 0. The average molecular weight is 362 g/mol. The van der Waals surface area contributed by atoms with Gasteiger partial charge in [0.15, 0.2) is 0 Å². The van der Waals surface area contributed by atoms with Crippen LogP contribution in [0.15, 0.2) is 65.8 Å². The quantitative estimate of drug-likeness (QED) is 0.492. The fourth-order valence-corrected chi connectivity index (χ4v) is 2.47. The number of carbonyl (C=O) groups is 1. The van der Waals surface area contributed by atoms with Crippen molar-refractivity contribution < 1.29 is 9.53 Å². The number of amides is 1. The Morgan fingerprint density at radius 2 is 1.89 bits per heavy atom. The predicted octanol–water partition coefficient (Wildman–Crippen LogP) is 4.02. The first-order valence-corrected chi connectivity index (χ1v) is 8.86. The molecule has 0 saturated carbocycles. The van der Waals surface area contributed by atoms with Crippen LogP contribution in [0.4, 0.5) is 0 Å². The molecule has 0 spiro atoms. The molecular formula is C21H22N4O2. The number of carbonyl (C=O) groups excluding carboxylic acids is 1. The van der Waals surface area contributed by atoms with Crippen LogP contribution in [0, 0.1) is 0 Å². The van der Waals surface area contributed by atoms with E-state index in [1.165, 1.54) is 0 Å². The van der Waals surface area contributed by atoms with Crippen LogP contribution in [0.5, 0.6) is 5.75 Å². The first kappa shape index (κ1) is 18.4. The minimum atomic E-state index is -0.341. The normalized spacial score (nSPS) is 11.3. The maximum absolute atomic E-state index is 12.3. The molecule has 0 fully saturated rings. The van der Waals surface area contributed by atoms with Gasteiger partial charge in [-0.3, -0.25) is 9.89 Å². The summed E-state index contributed by atoms with van der Waals surface area (Å²) in [4.78, 5) is 12.3. The van der Waals surface area contributed by atoms with Crippen LogP contribution < -0.4 is 10.2 Å². The molecule has 3 rings (SSSR count). The highest BCUT2D eigenvalue weighted by Crippen LogP contribution is 2.21. The van der Waals surface area contributed by atoms with Crippen LogP contribution in [0.3, 0.4) is 0 Å². The Morgan fingerprint density at radius 3 is 2.59 bits per heavy atom. The molecule has 27 heavy (non-hydrogen) atoms. The van der Waals surface area contributed by atoms with Gasteiger partial charge in [0, 0.05) is 5.56 Å². The van der Waals surface area contributed by atoms with E-state index in [9.17, 15) is 4.79 Å². The summed E-state index contributed by atoms with van der Waals surface area (Å²) in [6, 6.07) is 19.0. The van der Waals surface area contributed by atoms with Gasteiger partial charge in [-0.1, -0.05) is 37.3 Å². The molecule has 0 atom stereocenters. The zero-order chi connectivity index (χ0) is 19.1. The second-order valence-electron chi connectivity index (χ2n) is 6.04. The first-order valence-electron chi connectivity index (χ1n) is 8.86. The van der Waals surface area contributed by atoms with Crippen molar-refractivity contribution in [1.29, 1.82) is 0 Å². The van der Waals surface area contributed by atoms with Gasteiger partial charge in [-0.25, -0.2) is 5.43 Å². The largest absolute Gasteiger partial charge is 0.494 e. The lowest BCUT2D eigenvalue weighted by Crippen LogP contribution is -2.19. The minimum absolute atomic E-state index is 0.341. The molecule has 2 aromatic carbocycles. The van der Waals surface area contributed by atoms with E-state index >= 15 is 0 Å². The topological polar surface area (TPSA) is 79.4 Å². The Balaban J connectivity index is 1.65. The molecule has 1 aromatic heterocycles. The molecule has 2 N–H and O–H groups in total. The van der Waals surface area contributed by atoms with Gasteiger partial charge in [-0.15, -0.1) is 0 Å². The molecule has 0 saturated heterocycles. The zero-order valence-electron chi connectivity index (χ0n) is 15.4. The molecule has 138 valence electrons. The number of hydrazone groups is 1. The van der Waals surface area contributed by atoms with Crippen molar-refractivity contribution in [3.63, 3.8) is 0 Å². The number of aromatic amines is 1. The predicted molar refractivity (Wildman–Crippen MR) is 106 cm³/mol. The molecular weight excluding hydrogens is 340 g/mol. The van der Waals surface area contributed by atoms with Crippen molar-refractivity contribution in [2.24, 2.45) is 5.10 Å². The summed E-state index contributed by atoms with van der Waals surface area (Å²) in [6.45, 7) is 4.60. The molecule has 0 aliphatic heterocycles. The van der Waals surface area contributed by atoms with Gasteiger partial charge in [0.05, 0.1) is 18.0 Å². The number of H-pyrrole nitrogens is 1. The van der Waals surface area contributed by atoms with Crippen molar-refractivity contribution in [3.05, 3.63) is 71.9 Å². The molecule has 1 heterocycles. The monoisotopic (exact) mass is 362 g/mol. The Kier molecular flexibility index (Phi) is 5.99.